The molecule has 0 amide bonds. The van der Waals surface area contributed by atoms with E-state index in [9.17, 15) is 29.7 Å². The molecule has 8 heteroatoms. The van der Waals surface area contributed by atoms with Gasteiger partial charge in [0.25, 0.3) is 0 Å². The van der Waals surface area contributed by atoms with E-state index in [2.05, 4.69) is 0 Å². The molecule has 29 heavy (non-hydrogen) atoms. The van der Waals surface area contributed by atoms with E-state index in [4.69, 9.17) is 10.5 Å². The van der Waals surface area contributed by atoms with Gasteiger partial charge in [-0.1, -0.05) is 12.1 Å². The number of hydrogen-bond acceptors (Lipinski definition) is 8. The molecular formula is C21H19NO7. The Morgan fingerprint density at radius 2 is 1.79 bits per heavy atom. The normalized spacial score (nSPS) is 22.6. The molecule has 0 aliphatic heterocycles. The van der Waals surface area contributed by atoms with E-state index in [1.165, 1.54) is 32.2 Å². The summed E-state index contributed by atoms with van der Waals surface area (Å²) in [7, 11) is 1.35. The highest BCUT2D eigenvalue weighted by atomic mass is 16.5. The van der Waals surface area contributed by atoms with Crippen LogP contribution in [0.25, 0.3) is 0 Å². The SMILES string of the molecule is COc1cccc2c1C(=O)c1c(O)c3c(c(O)c1C2=O)C[C@@](N)(C(C)=O)C[C@@H]3O. The van der Waals surface area contributed by atoms with Crippen molar-refractivity contribution in [3.05, 3.63) is 51.6 Å². The Kier molecular flexibility index (Phi) is 4.04. The van der Waals surface area contributed by atoms with Crippen LogP contribution in [0.3, 0.4) is 0 Å². The lowest BCUT2D eigenvalue weighted by atomic mass is 9.71. The van der Waals surface area contributed by atoms with Crippen LogP contribution >= 0.6 is 0 Å². The summed E-state index contributed by atoms with van der Waals surface area (Å²) in [5, 5.41) is 32.3. The predicted molar refractivity (Wildman–Crippen MR) is 101 cm³/mol. The van der Waals surface area contributed by atoms with Gasteiger partial charge in [0.15, 0.2) is 5.78 Å². The molecule has 150 valence electrons. The molecule has 2 aromatic carbocycles. The molecule has 2 atom stereocenters. The minimum Gasteiger partial charge on any atom is -0.507 e. The van der Waals surface area contributed by atoms with Crippen LogP contribution < -0.4 is 10.5 Å². The van der Waals surface area contributed by atoms with E-state index in [1.54, 1.807) is 0 Å². The molecule has 0 radical (unpaired) electrons. The molecule has 0 spiro atoms. The lowest BCUT2D eigenvalue weighted by molar-refractivity contribution is -0.123. The van der Waals surface area contributed by atoms with Crippen molar-refractivity contribution in [1.82, 2.24) is 0 Å². The number of rotatable bonds is 2. The lowest BCUT2D eigenvalue weighted by Crippen LogP contribution is -2.52. The molecular weight excluding hydrogens is 378 g/mol. The summed E-state index contributed by atoms with van der Waals surface area (Å²) in [6, 6.07) is 4.47. The molecule has 8 nitrogen and oxygen atoms in total. The summed E-state index contributed by atoms with van der Waals surface area (Å²) in [5.41, 5.74) is 3.78. The Morgan fingerprint density at radius 1 is 1.14 bits per heavy atom. The summed E-state index contributed by atoms with van der Waals surface area (Å²) in [5.74, 6) is -2.78. The third-order valence-corrected chi connectivity index (χ3v) is 5.85. The van der Waals surface area contributed by atoms with Gasteiger partial charge in [-0.3, -0.25) is 14.4 Å². The van der Waals surface area contributed by atoms with Crippen LogP contribution in [0.1, 0.15) is 62.4 Å². The molecule has 2 aliphatic carbocycles. The summed E-state index contributed by atoms with van der Waals surface area (Å²) in [4.78, 5) is 38.3. The summed E-state index contributed by atoms with van der Waals surface area (Å²) < 4.78 is 5.18. The van der Waals surface area contributed by atoms with Crippen molar-refractivity contribution < 1.29 is 34.4 Å². The van der Waals surface area contributed by atoms with Crippen LogP contribution in [0.15, 0.2) is 18.2 Å². The second kappa shape index (κ2) is 6.13. The Bertz CT molecular complexity index is 1120. The Morgan fingerprint density at radius 3 is 2.41 bits per heavy atom. The van der Waals surface area contributed by atoms with E-state index in [1.807, 2.05) is 0 Å². The fraction of sp³-hybridized carbons (Fsp3) is 0.286. The van der Waals surface area contributed by atoms with Crippen molar-refractivity contribution in [1.29, 1.82) is 0 Å². The number of ketones is 3. The molecule has 5 N–H and O–H groups in total. The predicted octanol–water partition coefficient (Wildman–Crippen LogP) is 1.15. The molecule has 4 rings (SSSR count). The van der Waals surface area contributed by atoms with Crippen LogP contribution in [-0.4, -0.2) is 45.3 Å². The van der Waals surface area contributed by atoms with Gasteiger partial charge in [-0.15, -0.1) is 0 Å². The monoisotopic (exact) mass is 397 g/mol. The molecule has 0 bridgehead atoms. The van der Waals surface area contributed by atoms with Crippen LogP contribution in [0.5, 0.6) is 17.2 Å². The zero-order chi connectivity index (χ0) is 21.2. The van der Waals surface area contributed by atoms with E-state index in [-0.39, 0.29) is 46.4 Å². The molecule has 0 fully saturated rings. The number of methoxy groups -OCH3 is 1. The standard InChI is InChI=1S/C21H19NO7/c1-8(23)21(22)6-10-13(11(24)7-21)19(27)16-15(18(10)26)17(25)9-4-3-5-12(29-2)14(9)20(16)28/h3-5,11,24,26-27H,6-7,22H2,1-2H3/t11-,21-/m0/s1. The number of phenolic OH excluding ortho intramolecular Hbond substituents is 2. The van der Waals surface area contributed by atoms with Crippen molar-refractivity contribution in [2.75, 3.05) is 7.11 Å². The average Bonchev–Trinajstić information content (AvgIpc) is 2.67. The second-order valence-corrected chi connectivity index (χ2v) is 7.49. The summed E-state index contributed by atoms with van der Waals surface area (Å²) >= 11 is 0. The van der Waals surface area contributed by atoms with Crippen LogP contribution in [0.4, 0.5) is 0 Å². The van der Waals surface area contributed by atoms with Gasteiger partial charge in [0, 0.05) is 29.5 Å². The highest BCUT2D eigenvalue weighted by Gasteiger charge is 2.46. The van der Waals surface area contributed by atoms with E-state index < -0.39 is 46.1 Å². The number of hydrogen-bond donors (Lipinski definition) is 4. The quantitative estimate of drug-likeness (QED) is 0.471. The number of phenols is 2. The lowest BCUT2D eigenvalue weighted by Gasteiger charge is -2.37. The van der Waals surface area contributed by atoms with Crippen LogP contribution in [0.2, 0.25) is 0 Å². The van der Waals surface area contributed by atoms with Gasteiger partial charge in [-0.25, -0.2) is 0 Å². The fourth-order valence-electron chi connectivity index (χ4n) is 4.26. The minimum absolute atomic E-state index is 0.00908. The van der Waals surface area contributed by atoms with Crippen molar-refractivity contribution in [3.8, 4) is 17.2 Å². The number of ether oxygens (including phenoxy) is 1. The molecule has 2 aromatic rings. The Labute approximate surface area is 165 Å². The number of aromatic hydroxyl groups is 2. The number of Topliss-reactive ketones (excluding diaryl/α,β-unsaturated/α-hetero) is 1. The number of nitrogens with two attached hydrogens (primary N) is 1. The van der Waals surface area contributed by atoms with E-state index >= 15 is 0 Å². The average molecular weight is 397 g/mol. The molecule has 0 saturated carbocycles. The number of carbonyl (C=O) groups is 3. The third-order valence-electron chi connectivity index (χ3n) is 5.85. The highest BCUT2D eigenvalue weighted by Crippen LogP contribution is 2.50. The minimum atomic E-state index is -1.46. The Hall–Kier alpha value is -3.23. The van der Waals surface area contributed by atoms with Gasteiger partial charge in [0.05, 0.1) is 35.4 Å². The van der Waals surface area contributed by atoms with Gasteiger partial charge in [0.2, 0.25) is 5.78 Å². The first-order valence-electron chi connectivity index (χ1n) is 8.97. The highest BCUT2D eigenvalue weighted by molar-refractivity contribution is 6.31. The third kappa shape index (κ3) is 2.43. The largest absolute Gasteiger partial charge is 0.507 e. The topological polar surface area (TPSA) is 147 Å². The number of aliphatic hydroxyl groups is 1. The molecule has 2 aliphatic rings. The van der Waals surface area contributed by atoms with Gasteiger partial charge in [-0.05, 0) is 13.0 Å². The number of fused-ring (bicyclic) bond motifs is 3. The maximum Gasteiger partial charge on any atom is 0.202 e. The first-order chi connectivity index (χ1) is 13.6. The van der Waals surface area contributed by atoms with Gasteiger partial charge in [0.1, 0.15) is 23.0 Å². The summed E-state index contributed by atoms with van der Waals surface area (Å²) in [6.45, 7) is 1.27. The fourth-order valence-corrected chi connectivity index (χ4v) is 4.26. The molecule has 0 aromatic heterocycles. The maximum absolute atomic E-state index is 13.2. The van der Waals surface area contributed by atoms with Crippen LogP contribution in [-0.2, 0) is 11.2 Å². The number of benzene rings is 2. The van der Waals surface area contributed by atoms with Crippen molar-refractivity contribution >= 4 is 17.3 Å². The van der Waals surface area contributed by atoms with E-state index in [0.717, 1.165) is 0 Å². The number of carbonyl (C=O) groups excluding carboxylic acids is 3. The summed E-state index contributed by atoms with van der Waals surface area (Å²) in [6.07, 6.45) is -1.78. The number of aliphatic hydroxyl groups excluding tert-OH is 1. The second-order valence-electron chi connectivity index (χ2n) is 7.49. The van der Waals surface area contributed by atoms with Crippen molar-refractivity contribution in [2.24, 2.45) is 5.73 Å². The molecule has 0 heterocycles. The van der Waals surface area contributed by atoms with E-state index in [0.29, 0.717) is 0 Å². The van der Waals surface area contributed by atoms with Gasteiger partial charge >= 0.3 is 0 Å². The first-order valence-corrected chi connectivity index (χ1v) is 8.97. The van der Waals surface area contributed by atoms with Crippen LogP contribution in [0, 0.1) is 0 Å². The molecule has 0 saturated heterocycles. The van der Waals surface area contributed by atoms with Gasteiger partial charge in [-0.2, -0.15) is 0 Å². The molecule has 0 unspecified atom stereocenters. The maximum atomic E-state index is 13.2. The first kappa shape index (κ1) is 19.1. The van der Waals surface area contributed by atoms with Crippen molar-refractivity contribution in [3.63, 3.8) is 0 Å². The van der Waals surface area contributed by atoms with Gasteiger partial charge < -0.3 is 25.8 Å². The zero-order valence-corrected chi connectivity index (χ0v) is 15.8. The smallest absolute Gasteiger partial charge is 0.202 e. The zero-order valence-electron chi connectivity index (χ0n) is 15.8. The van der Waals surface area contributed by atoms with Crippen molar-refractivity contribution in [2.45, 2.75) is 31.4 Å². The Balaban J connectivity index is 2.04.